The number of rotatable bonds is 6. The number of hydrogen-bond acceptors (Lipinski definition) is 3. The normalized spacial score (nSPS) is 10.8. The predicted molar refractivity (Wildman–Crippen MR) is 86.6 cm³/mol. The molecular formula is C16H21N3S. The smallest absolute Gasteiger partial charge is 0.131 e. The third-order valence-corrected chi connectivity index (χ3v) is 3.17. The standard InChI is InChI=1S/C16H21N3S/c1-12(2)10-15-18-14(11-16(20)19-15)17-9-8-13-6-4-3-5-7-13/h3-7,11-12H,8-10H2,1-2H3,(H2,17,18,19,20). The van der Waals surface area contributed by atoms with Gasteiger partial charge in [0.05, 0.1) is 0 Å². The van der Waals surface area contributed by atoms with Crippen molar-refractivity contribution in [2.75, 3.05) is 11.9 Å². The molecular weight excluding hydrogens is 266 g/mol. The Morgan fingerprint density at radius 2 is 2.00 bits per heavy atom. The fourth-order valence-electron chi connectivity index (χ4n) is 2.07. The zero-order valence-corrected chi connectivity index (χ0v) is 12.8. The maximum atomic E-state index is 5.21. The number of hydrogen-bond donors (Lipinski definition) is 2. The highest BCUT2D eigenvalue weighted by molar-refractivity contribution is 7.71. The molecule has 0 atom stereocenters. The van der Waals surface area contributed by atoms with E-state index in [1.807, 2.05) is 12.1 Å². The molecule has 0 aliphatic heterocycles. The number of nitrogens with one attached hydrogen (secondary N) is 2. The van der Waals surface area contributed by atoms with Crippen LogP contribution in [0.4, 0.5) is 5.82 Å². The number of H-pyrrole nitrogens is 1. The van der Waals surface area contributed by atoms with Gasteiger partial charge in [0, 0.05) is 19.0 Å². The van der Waals surface area contributed by atoms with Gasteiger partial charge in [0.2, 0.25) is 0 Å². The third kappa shape index (κ3) is 4.78. The predicted octanol–water partition coefficient (Wildman–Crippen LogP) is 3.99. The molecule has 1 aromatic carbocycles. The summed E-state index contributed by atoms with van der Waals surface area (Å²) in [6.45, 7) is 5.22. The lowest BCUT2D eigenvalue weighted by Crippen LogP contribution is -2.09. The summed E-state index contributed by atoms with van der Waals surface area (Å²) < 4.78 is 0.640. The molecule has 106 valence electrons. The maximum Gasteiger partial charge on any atom is 0.131 e. The van der Waals surface area contributed by atoms with Gasteiger partial charge in [-0.05, 0) is 17.9 Å². The summed E-state index contributed by atoms with van der Waals surface area (Å²) in [7, 11) is 0. The molecule has 0 radical (unpaired) electrons. The molecule has 1 heterocycles. The van der Waals surface area contributed by atoms with Gasteiger partial charge < -0.3 is 10.3 Å². The zero-order valence-electron chi connectivity index (χ0n) is 12.0. The first-order valence-corrected chi connectivity index (χ1v) is 7.42. The van der Waals surface area contributed by atoms with E-state index >= 15 is 0 Å². The Morgan fingerprint density at radius 3 is 2.70 bits per heavy atom. The quantitative estimate of drug-likeness (QED) is 0.789. The van der Waals surface area contributed by atoms with E-state index in [1.54, 1.807) is 0 Å². The number of aromatic amines is 1. The molecule has 4 heteroatoms. The number of nitrogens with zero attached hydrogens (tertiary/aromatic N) is 1. The Hall–Kier alpha value is -1.68. The van der Waals surface area contributed by atoms with Crippen molar-refractivity contribution in [3.8, 4) is 0 Å². The van der Waals surface area contributed by atoms with Gasteiger partial charge in [-0.25, -0.2) is 4.98 Å². The first-order valence-electron chi connectivity index (χ1n) is 7.01. The van der Waals surface area contributed by atoms with Crippen LogP contribution < -0.4 is 5.32 Å². The maximum absolute atomic E-state index is 5.21. The van der Waals surface area contributed by atoms with Crippen molar-refractivity contribution in [2.24, 2.45) is 5.92 Å². The monoisotopic (exact) mass is 287 g/mol. The molecule has 3 nitrogen and oxygen atoms in total. The molecule has 2 N–H and O–H groups in total. The summed E-state index contributed by atoms with van der Waals surface area (Å²) >= 11 is 5.21. The fourth-order valence-corrected chi connectivity index (χ4v) is 2.30. The van der Waals surface area contributed by atoms with Gasteiger partial charge in [-0.3, -0.25) is 0 Å². The molecule has 0 bridgehead atoms. The minimum atomic E-state index is 0.563. The summed E-state index contributed by atoms with van der Waals surface area (Å²) in [6.07, 6.45) is 1.90. The van der Waals surface area contributed by atoms with Crippen LogP contribution in [-0.2, 0) is 12.8 Å². The summed E-state index contributed by atoms with van der Waals surface area (Å²) in [6, 6.07) is 12.3. The molecule has 2 rings (SSSR count). The second-order valence-corrected chi connectivity index (χ2v) is 5.76. The van der Waals surface area contributed by atoms with Gasteiger partial charge in [-0.1, -0.05) is 56.4 Å². The Labute approximate surface area is 125 Å². The molecule has 0 spiro atoms. The van der Waals surface area contributed by atoms with Crippen molar-refractivity contribution < 1.29 is 0 Å². The van der Waals surface area contributed by atoms with E-state index in [9.17, 15) is 0 Å². The van der Waals surface area contributed by atoms with Gasteiger partial charge >= 0.3 is 0 Å². The van der Waals surface area contributed by atoms with E-state index in [4.69, 9.17) is 12.2 Å². The first kappa shape index (κ1) is 14.7. The van der Waals surface area contributed by atoms with Crippen LogP contribution in [0, 0.1) is 10.6 Å². The topological polar surface area (TPSA) is 40.7 Å². The van der Waals surface area contributed by atoms with Crippen LogP contribution in [0.2, 0.25) is 0 Å². The van der Waals surface area contributed by atoms with Gasteiger partial charge in [-0.2, -0.15) is 0 Å². The molecule has 0 fully saturated rings. The van der Waals surface area contributed by atoms with Crippen molar-refractivity contribution in [1.82, 2.24) is 9.97 Å². The molecule has 2 aromatic rings. The van der Waals surface area contributed by atoms with Crippen LogP contribution in [0.3, 0.4) is 0 Å². The molecule has 0 aliphatic rings. The number of aromatic nitrogens is 2. The number of benzene rings is 1. The molecule has 0 saturated heterocycles. The average molecular weight is 287 g/mol. The SMILES string of the molecule is CC(C)Cc1nc(=S)cc(NCCc2ccccc2)[nH]1. The van der Waals surface area contributed by atoms with Gasteiger partial charge in [0.15, 0.2) is 0 Å². The second-order valence-electron chi connectivity index (χ2n) is 5.34. The minimum absolute atomic E-state index is 0.563. The lowest BCUT2D eigenvalue weighted by atomic mass is 10.1. The molecule has 20 heavy (non-hydrogen) atoms. The van der Waals surface area contributed by atoms with Crippen molar-refractivity contribution >= 4 is 18.0 Å². The highest BCUT2D eigenvalue weighted by Gasteiger charge is 2.02. The zero-order chi connectivity index (χ0) is 14.4. The van der Waals surface area contributed by atoms with Crippen LogP contribution >= 0.6 is 12.2 Å². The highest BCUT2D eigenvalue weighted by atomic mass is 32.1. The Morgan fingerprint density at radius 1 is 1.25 bits per heavy atom. The highest BCUT2D eigenvalue weighted by Crippen LogP contribution is 2.08. The molecule has 1 aromatic heterocycles. The van der Waals surface area contributed by atoms with E-state index in [0.717, 1.165) is 31.0 Å². The van der Waals surface area contributed by atoms with Crippen molar-refractivity contribution in [3.05, 3.63) is 52.4 Å². The molecule has 0 saturated carbocycles. The molecule has 0 aliphatic carbocycles. The van der Waals surface area contributed by atoms with E-state index in [-0.39, 0.29) is 0 Å². The van der Waals surface area contributed by atoms with Crippen molar-refractivity contribution in [3.63, 3.8) is 0 Å². The summed E-state index contributed by atoms with van der Waals surface area (Å²) in [5.41, 5.74) is 1.33. The van der Waals surface area contributed by atoms with Crippen molar-refractivity contribution in [1.29, 1.82) is 0 Å². The summed E-state index contributed by atoms with van der Waals surface area (Å²) in [5, 5.41) is 3.39. The largest absolute Gasteiger partial charge is 0.371 e. The van der Waals surface area contributed by atoms with Crippen LogP contribution in [0.25, 0.3) is 0 Å². The Kier molecular flexibility index (Phi) is 5.30. The second kappa shape index (κ2) is 7.20. The Bertz CT molecular complexity index is 590. The average Bonchev–Trinajstić information content (AvgIpc) is 2.38. The van der Waals surface area contributed by atoms with E-state index in [0.29, 0.717) is 10.6 Å². The van der Waals surface area contributed by atoms with Crippen LogP contribution in [-0.4, -0.2) is 16.5 Å². The minimum Gasteiger partial charge on any atom is -0.371 e. The van der Waals surface area contributed by atoms with Crippen molar-refractivity contribution in [2.45, 2.75) is 26.7 Å². The van der Waals surface area contributed by atoms with Gasteiger partial charge in [-0.15, -0.1) is 0 Å². The summed E-state index contributed by atoms with van der Waals surface area (Å²) in [4.78, 5) is 7.67. The summed E-state index contributed by atoms with van der Waals surface area (Å²) in [5.74, 6) is 2.47. The van der Waals surface area contributed by atoms with E-state index in [1.165, 1.54) is 5.56 Å². The third-order valence-electron chi connectivity index (χ3n) is 2.97. The van der Waals surface area contributed by atoms with E-state index in [2.05, 4.69) is 53.4 Å². The first-order chi connectivity index (χ1) is 9.63. The van der Waals surface area contributed by atoms with E-state index < -0.39 is 0 Å². The van der Waals surface area contributed by atoms with Gasteiger partial charge in [0.1, 0.15) is 16.3 Å². The lowest BCUT2D eigenvalue weighted by Gasteiger charge is -2.10. The van der Waals surface area contributed by atoms with Crippen LogP contribution in [0.1, 0.15) is 25.2 Å². The fraction of sp³-hybridized carbons (Fsp3) is 0.375. The molecule has 0 amide bonds. The van der Waals surface area contributed by atoms with Gasteiger partial charge in [0.25, 0.3) is 0 Å². The van der Waals surface area contributed by atoms with Crippen LogP contribution in [0.5, 0.6) is 0 Å². The van der Waals surface area contributed by atoms with Crippen LogP contribution in [0.15, 0.2) is 36.4 Å². The lowest BCUT2D eigenvalue weighted by molar-refractivity contribution is 0.620. The number of anilines is 1. The Balaban J connectivity index is 1.95. The molecule has 0 unspecified atom stereocenters.